The molecule has 1 aromatic rings. The first-order chi connectivity index (χ1) is 9.61. The molecule has 0 radical (unpaired) electrons. The van der Waals surface area contributed by atoms with Gasteiger partial charge in [-0.25, -0.2) is 9.80 Å². The minimum atomic E-state index is -0.766. The number of rotatable bonds is 3. The fourth-order valence-electron chi connectivity index (χ4n) is 2.22. The molecule has 0 unspecified atom stereocenters. The highest BCUT2D eigenvalue weighted by atomic mass is 16.7. The van der Waals surface area contributed by atoms with Crippen molar-refractivity contribution >= 4 is 17.3 Å². The lowest BCUT2D eigenvalue weighted by atomic mass is 10.1. The molecule has 0 aliphatic carbocycles. The molecule has 0 amide bonds. The number of hydrogen-bond acceptors (Lipinski definition) is 8. The average molecular weight is 278 g/mol. The molecular formula is C11H10N4O5. The molecule has 3 rings (SSSR count). The van der Waals surface area contributed by atoms with Crippen molar-refractivity contribution in [2.75, 3.05) is 12.1 Å². The van der Waals surface area contributed by atoms with Crippen LogP contribution in [0.25, 0.3) is 0 Å². The number of hydrogen-bond donors (Lipinski definition) is 0. The van der Waals surface area contributed by atoms with E-state index in [9.17, 15) is 14.9 Å². The van der Waals surface area contributed by atoms with Crippen LogP contribution in [0.3, 0.4) is 0 Å². The van der Waals surface area contributed by atoms with E-state index < -0.39 is 29.3 Å². The topological polar surface area (TPSA) is 107 Å². The van der Waals surface area contributed by atoms with Gasteiger partial charge >= 0.3 is 5.97 Å². The molecular weight excluding hydrogens is 268 g/mol. The lowest BCUT2D eigenvalue weighted by Crippen LogP contribution is -2.40. The Bertz CT molecular complexity index is 587. The number of nitro groups is 1. The summed E-state index contributed by atoms with van der Waals surface area (Å²) < 4.78 is 10.1. The highest BCUT2D eigenvalue weighted by molar-refractivity contribution is 5.81. The third-order valence-electron chi connectivity index (χ3n) is 3.19. The zero-order valence-electron chi connectivity index (χ0n) is 10.4. The van der Waals surface area contributed by atoms with Crippen LogP contribution in [0.4, 0.5) is 11.4 Å². The largest absolute Gasteiger partial charge is 0.432 e. The monoisotopic (exact) mass is 278 g/mol. The zero-order valence-corrected chi connectivity index (χ0v) is 10.4. The van der Waals surface area contributed by atoms with E-state index >= 15 is 0 Å². The smallest absolute Gasteiger partial charge is 0.337 e. The van der Waals surface area contributed by atoms with E-state index in [1.165, 1.54) is 36.4 Å². The first kappa shape index (κ1) is 12.5. The Morgan fingerprint density at radius 2 is 2.10 bits per heavy atom. The van der Waals surface area contributed by atoms with E-state index in [1.807, 2.05) is 0 Å². The summed E-state index contributed by atoms with van der Waals surface area (Å²) in [5.74, 6) is -0.491. The van der Waals surface area contributed by atoms with Crippen molar-refractivity contribution in [2.24, 2.45) is 10.3 Å². The van der Waals surface area contributed by atoms with Crippen LogP contribution in [0.1, 0.15) is 0 Å². The Morgan fingerprint density at radius 3 is 2.70 bits per heavy atom. The number of non-ortho nitro benzene ring substituents is 1. The molecule has 1 aromatic carbocycles. The second-order valence-corrected chi connectivity index (χ2v) is 4.30. The van der Waals surface area contributed by atoms with E-state index in [-0.39, 0.29) is 5.69 Å². The predicted molar refractivity (Wildman–Crippen MR) is 64.9 cm³/mol. The first-order valence-electron chi connectivity index (χ1n) is 5.79. The molecule has 0 spiro atoms. The molecule has 1 fully saturated rings. The second-order valence-electron chi connectivity index (χ2n) is 4.30. The Hall–Kier alpha value is -2.55. The van der Waals surface area contributed by atoms with Gasteiger partial charge in [-0.3, -0.25) is 10.1 Å². The molecule has 0 bridgehead atoms. The normalized spacial score (nSPS) is 27.6. The molecule has 3 atom stereocenters. The maximum absolute atomic E-state index is 11.6. The minimum absolute atomic E-state index is 0.0246. The fourth-order valence-corrected chi connectivity index (χ4v) is 2.22. The number of carbonyl (C=O) groups excluding carboxylic acids is 1. The lowest BCUT2D eigenvalue weighted by Gasteiger charge is -2.23. The van der Waals surface area contributed by atoms with Crippen LogP contribution < -0.4 is 5.01 Å². The lowest BCUT2D eigenvalue weighted by molar-refractivity contribution is -0.384. The Morgan fingerprint density at radius 1 is 1.40 bits per heavy atom. The molecule has 9 nitrogen and oxygen atoms in total. The summed E-state index contributed by atoms with van der Waals surface area (Å²) in [6, 6.07) is 4.57. The van der Waals surface area contributed by atoms with Gasteiger partial charge in [-0.15, -0.1) is 0 Å². The summed E-state index contributed by atoms with van der Waals surface area (Å²) in [5, 5.41) is 19.9. The Labute approximate surface area is 112 Å². The highest BCUT2D eigenvalue weighted by Crippen LogP contribution is 2.34. The number of cyclic esters (lactones) is 1. The number of nitro benzene ring substituents is 1. The van der Waals surface area contributed by atoms with E-state index in [0.29, 0.717) is 5.69 Å². The van der Waals surface area contributed by atoms with Gasteiger partial charge < -0.3 is 9.47 Å². The minimum Gasteiger partial charge on any atom is -0.432 e. The van der Waals surface area contributed by atoms with Gasteiger partial charge in [0.2, 0.25) is 6.29 Å². The molecule has 2 heterocycles. The van der Waals surface area contributed by atoms with Gasteiger partial charge in [-0.2, -0.15) is 5.11 Å². The number of nitrogens with zero attached hydrogens (tertiary/aromatic N) is 4. The van der Waals surface area contributed by atoms with Crippen molar-refractivity contribution in [2.45, 2.75) is 18.4 Å². The van der Waals surface area contributed by atoms with Gasteiger partial charge in [0.1, 0.15) is 0 Å². The number of anilines is 1. The third kappa shape index (κ3) is 1.79. The van der Waals surface area contributed by atoms with E-state index in [4.69, 9.17) is 9.47 Å². The van der Waals surface area contributed by atoms with Crippen LogP contribution in [-0.2, 0) is 14.3 Å². The number of benzene rings is 1. The number of esters is 1. The van der Waals surface area contributed by atoms with Crippen LogP contribution in [0.5, 0.6) is 0 Å². The standard InChI is InChI=1S/C11H10N4O5/c1-19-11-9-8(10(16)20-11)12-13-14(9)6-2-4-7(5-3-6)15(17)18/h2-5,8-9,11H,1H3/t8-,9+,11-/m0/s1. The molecule has 0 aromatic heterocycles. The Balaban J connectivity index is 1.89. The number of ether oxygens (including phenoxy) is 2. The van der Waals surface area contributed by atoms with E-state index in [1.54, 1.807) is 0 Å². The molecule has 20 heavy (non-hydrogen) atoms. The fraction of sp³-hybridized carbons (Fsp3) is 0.364. The van der Waals surface area contributed by atoms with Gasteiger partial charge in [-0.1, -0.05) is 5.22 Å². The molecule has 1 saturated heterocycles. The Kier molecular flexibility index (Phi) is 2.83. The van der Waals surface area contributed by atoms with Crippen LogP contribution in [0.2, 0.25) is 0 Å². The van der Waals surface area contributed by atoms with Gasteiger partial charge in [0, 0.05) is 19.2 Å². The SMILES string of the molecule is CO[C@H]1OC(=O)[C@H]2N=NN(c3ccc([N+](=O)[O-])cc3)[C@@H]12. The summed E-state index contributed by atoms with van der Waals surface area (Å²) >= 11 is 0. The van der Waals surface area contributed by atoms with Crippen molar-refractivity contribution < 1.29 is 19.2 Å². The predicted octanol–water partition coefficient (Wildman–Crippen LogP) is 1.05. The van der Waals surface area contributed by atoms with Crippen molar-refractivity contribution in [1.82, 2.24) is 0 Å². The van der Waals surface area contributed by atoms with Crippen molar-refractivity contribution in [1.29, 1.82) is 0 Å². The summed E-state index contributed by atoms with van der Waals surface area (Å²) in [6.45, 7) is 0. The van der Waals surface area contributed by atoms with Gasteiger partial charge in [-0.05, 0) is 12.1 Å². The molecule has 0 N–H and O–H groups in total. The summed E-state index contributed by atoms with van der Waals surface area (Å²) in [4.78, 5) is 21.7. The van der Waals surface area contributed by atoms with Crippen molar-refractivity contribution in [3.8, 4) is 0 Å². The average Bonchev–Trinajstić information content (AvgIpc) is 3.00. The van der Waals surface area contributed by atoms with Crippen molar-refractivity contribution in [3.05, 3.63) is 34.4 Å². The zero-order chi connectivity index (χ0) is 14.3. The molecule has 2 aliphatic heterocycles. The van der Waals surface area contributed by atoms with E-state index in [2.05, 4.69) is 10.3 Å². The quantitative estimate of drug-likeness (QED) is 0.464. The third-order valence-corrected chi connectivity index (χ3v) is 3.19. The van der Waals surface area contributed by atoms with Crippen LogP contribution >= 0.6 is 0 Å². The number of fused-ring (bicyclic) bond motifs is 1. The second kappa shape index (κ2) is 4.53. The molecule has 0 saturated carbocycles. The van der Waals surface area contributed by atoms with Gasteiger partial charge in [0.25, 0.3) is 5.69 Å². The van der Waals surface area contributed by atoms with Gasteiger partial charge in [0.05, 0.1) is 10.6 Å². The van der Waals surface area contributed by atoms with E-state index in [0.717, 1.165) is 0 Å². The first-order valence-corrected chi connectivity index (χ1v) is 5.79. The molecule has 9 heteroatoms. The van der Waals surface area contributed by atoms with Crippen LogP contribution in [0.15, 0.2) is 34.6 Å². The molecule has 104 valence electrons. The van der Waals surface area contributed by atoms with Crippen LogP contribution in [0, 0.1) is 10.1 Å². The van der Waals surface area contributed by atoms with Crippen LogP contribution in [-0.4, -0.2) is 36.4 Å². The molecule has 2 aliphatic rings. The maximum Gasteiger partial charge on any atom is 0.337 e. The summed E-state index contributed by atoms with van der Waals surface area (Å²) in [5.41, 5.74) is 0.552. The maximum atomic E-state index is 11.6. The van der Waals surface area contributed by atoms with Crippen molar-refractivity contribution in [3.63, 3.8) is 0 Å². The van der Waals surface area contributed by atoms with Gasteiger partial charge in [0.15, 0.2) is 12.1 Å². The number of methoxy groups -OCH3 is 1. The summed E-state index contributed by atoms with van der Waals surface area (Å²) in [7, 11) is 1.42. The highest BCUT2D eigenvalue weighted by Gasteiger charge is 2.52. The summed E-state index contributed by atoms with van der Waals surface area (Å²) in [6.07, 6.45) is -0.766. The number of carbonyl (C=O) groups is 1.